The Morgan fingerprint density at radius 1 is 1.50 bits per heavy atom. The predicted molar refractivity (Wildman–Crippen MR) is 62.7 cm³/mol. The molecule has 1 aromatic rings. The van der Waals surface area contributed by atoms with Crippen LogP contribution in [0.2, 0.25) is 0 Å². The minimum Gasteiger partial charge on any atom is -0.386 e. The highest BCUT2D eigenvalue weighted by molar-refractivity contribution is 9.10. The Labute approximate surface area is 97.0 Å². The van der Waals surface area contributed by atoms with Crippen molar-refractivity contribution in [3.8, 4) is 0 Å². The first-order valence-electron chi connectivity index (χ1n) is 4.71. The van der Waals surface area contributed by atoms with Crippen molar-refractivity contribution in [1.82, 2.24) is 0 Å². The van der Waals surface area contributed by atoms with E-state index in [9.17, 15) is 5.11 Å². The van der Waals surface area contributed by atoms with Crippen LogP contribution in [-0.2, 0) is 4.74 Å². The molecule has 2 atom stereocenters. The van der Waals surface area contributed by atoms with Crippen LogP contribution in [-0.4, -0.2) is 17.8 Å². The lowest BCUT2D eigenvalue weighted by Gasteiger charge is -2.21. The third-order valence-electron chi connectivity index (χ3n) is 2.10. The minimum absolute atomic E-state index is 0.106. The highest BCUT2D eigenvalue weighted by Crippen LogP contribution is 2.31. The normalized spacial score (nSPS) is 15.4. The summed E-state index contributed by atoms with van der Waals surface area (Å²) >= 11 is 4.99. The van der Waals surface area contributed by atoms with E-state index in [4.69, 9.17) is 4.74 Å². The molecule has 0 aliphatic carbocycles. The van der Waals surface area contributed by atoms with E-state index >= 15 is 0 Å². The van der Waals surface area contributed by atoms with Gasteiger partial charge < -0.3 is 9.84 Å². The highest BCUT2D eigenvalue weighted by atomic mass is 79.9. The molecule has 0 saturated heterocycles. The first-order valence-corrected chi connectivity index (χ1v) is 6.45. The quantitative estimate of drug-likeness (QED) is 0.895. The minimum atomic E-state index is -0.527. The molecule has 0 fully saturated rings. The number of thiophene rings is 1. The van der Waals surface area contributed by atoms with Crippen molar-refractivity contribution in [2.75, 3.05) is 6.61 Å². The Balaban J connectivity index is 2.72. The van der Waals surface area contributed by atoms with Gasteiger partial charge in [0.05, 0.1) is 6.10 Å². The van der Waals surface area contributed by atoms with Gasteiger partial charge in [0.2, 0.25) is 0 Å². The Bertz CT molecular complexity index is 275. The number of hydrogen-bond acceptors (Lipinski definition) is 3. The van der Waals surface area contributed by atoms with Crippen LogP contribution in [0, 0.1) is 0 Å². The van der Waals surface area contributed by atoms with Crippen LogP contribution in [0.3, 0.4) is 0 Å². The van der Waals surface area contributed by atoms with Crippen LogP contribution in [0.25, 0.3) is 0 Å². The monoisotopic (exact) mass is 278 g/mol. The molecule has 1 aromatic heterocycles. The predicted octanol–water partition coefficient (Wildman–Crippen LogP) is 3.36. The Morgan fingerprint density at radius 2 is 2.21 bits per heavy atom. The molecule has 0 aromatic carbocycles. The van der Waals surface area contributed by atoms with E-state index in [2.05, 4.69) is 15.9 Å². The molecule has 1 heterocycles. The summed E-state index contributed by atoms with van der Waals surface area (Å²) < 4.78 is 6.43. The fourth-order valence-electron chi connectivity index (χ4n) is 1.35. The van der Waals surface area contributed by atoms with Crippen LogP contribution in [0.5, 0.6) is 0 Å². The summed E-state index contributed by atoms with van der Waals surface area (Å²) in [4.78, 5) is 0. The van der Waals surface area contributed by atoms with Crippen molar-refractivity contribution in [3.63, 3.8) is 0 Å². The lowest BCUT2D eigenvalue weighted by molar-refractivity contribution is -0.0356. The molecule has 80 valence electrons. The Hall–Kier alpha value is 0.100. The number of aliphatic hydroxyl groups is 1. The van der Waals surface area contributed by atoms with Gasteiger partial charge in [-0.15, -0.1) is 0 Å². The zero-order chi connectivity index (χ0) is 10.6. The highest BCUT2D eigenvalue weighted by Gasteiger charge is 2.21. The first kappa shape index (κ1) is 12.2. The zero-order valence-corrected chi connectivity index (χ0v) is 10.8. The second-order valence-electron chi connectivity index (χ2n) is 3.02. The molecule has 14 heavy (non-hydrogen) atoms. The van der Waals surface area contributed by atoms with Gasteiger partial charge in [0, 0.05) is 22.0 Å². The van der Waals surface area contributed by atoms with E-state index in [1.165, 1.54) is 0 Å². The maximum atomic E-state index is 10.0. The van der Waals surface area contributed by atoms with E-state index in [1.807, 2.05) is 24.6 Å². The molecule has 0 spiro atoms. The maximum Gasteiger partial charge on any atom is 0.107 e. The van der Waals surface area contributed by atoms with Crippen molar-refractivity contribution < 1.29 is 9.84 Å². The molecule has 0 aliphatic rings. The van der Waals surface area contributed by atoms with Crippen molar-refractivity contribution in [3.05, 3.63) is 20.8 Å². The van der Waals surface area contributed by atoms with Gasteiger partial charge in [-0.1, -0.05) is 6.92 Å². The van der Waals surface area contributed by atoms with Gasteiger partial charge >= 0.3 is 0 Å². The van der Waals surface area contributed by atoms with Gasteiger partial charge in [-0.2, -0.15) is 11.3 Å². The molecule has 1 rings (SSSR count). The zero-order valence-electron chi connectivity index (χ0n) is 8.37. The molecule has 2 unspecified atom stereocenters. The summed E-state index contributed by atoms with van der Waals surface area (Å²) in [5, 5.41) is 14.0. The molecule has 0 amide bonds. The van der Waals surface area contributed by atoms with Crippen LogP contribution < -0.4 is 0 Å². The van der Waals surface area contributed by atoms with Crippen LogP contribution in [0.1, 0.15) is 31.9 Å². The number of aliphatic hydroxyl groups excluding tert-OH is 1. The fourth-order valence-corrected chi connectivity index (χ4v) is 2.91. The van der Waals surface area contributed by atoms with Crippen LogP contribution in [0.15, 0.2) is 15.2 Å². The average Bonchev–Trinajstić information content (AvgIpc) is 2.59. The molecule has 0 bridgehead atoms. The average molecular weight is 279 g/mol. The fraction of sp³-hybridized carbons (Fsp3) is 0.600. The van der Waals surface area contributed by atoms with Crippen molar-refractivity contribution in [2.24, 2.45) is 0 Å². The summed E-state index contributed by atoms with van der Waals surface area (Å²) in [6.45, 7) is 4.60. The number of hydrogen-bond donors (Lipinski definition) is 1. The lowest BCUT2D eigenvalue weighted by Crippen LogP contribution is -2.21. The van der Waals surface area contributed by atoms with Gasteiger partial charge in [-0.25, -0.2) is 0 Å². The summed E-state index contributed by atoms with van der Waals surface area (Å²) in [6.07, 6.45) is 0.184. The smallest absolute Gasteiger partial charge is 0.107 e. The third-order valence-corrected chi connectivity index (χ3v) is 3.85. The standard InChI is InChI=1S/C10H15BrO2S/c1-3-9(13-4-2)10(12)7-5-14-6-8(7)11/h5-6,9-10,12H,3-4H2,1-2H3. The second kappa shape index (κ2) is 5.85. The molecule has 1 N–H and O–H groups in total. The lowest BCUT2D eigenvalue weighted by atomic mass is 10.1. The van der Waals surface area contributed by atoms with E-state index in [-0.39, 0.29) is 6.10 Å². The number of rotatable bonds is 5. The second-order valence-corrected chi connectivity index (χ2v) is 4.62. The number of ether oxygens (including phenoxy) is 1. The van der Waals surface area contributed by atoms with E-state index in [1.54, 1.807) is 11.3 Å². The van der Waals surface area contributed by atoms with Crippen LogP contribution in [0.4, 0.5) is 0 Å². The summed E-state index contributed by atoms with van der Waals surface area (Å²) in [7, 11) is 0. The van der Waals surface area contributed by atoms with Crippen molar-refractivity contribution in [1.29, 1.82) is 0 Å². The molecule has 2 nitrogen and oxygen atoms in total. The molecule has 0 saturated carbocycles. The SMILES string of the molecule is CCOC(CC)C(O)c1cscc1Br. The van der Waals surface area contributed by atoms with Crippen molar-refractivity contribution >= 4 is 27.3 Å². The van der Waals surface area contributed by atoms with Gasteiger partial charge in [0.1, 0.15) is 6.10 Å². The summed E-state index contributed by atoms with van der Waals surface area (Å²) in [5.41, 5.74) is 0.926. The molecular weight excluding hydrogens is 264 g/mol. The summed E-state index contributed by atoms with van der Waals surface area (Å²) in [5.74, 6) is 0. The van der Waals surface area contributed by atoms with Gasteiger partial charge in [0.15, 0.2) is 0 Å². The van der Waals surface area contributed by atoms with Gasteiger partial charge in [-0.3, -0.25) is 0 Å². The third kappa shape index (κ3) is 2.79. The molecule has 0 aliphatic heterocycles. The molecular formula is C10H15BrO2S. The molecule has 4 heteroatoms. The topological polar surface area (TPSA) is 29.5 Å². The number of halogens is 1. The van der Waals surface area contributed by atoms with Gasteiger partial charge in [0.25, 0.3) is 0 Å². The van der Waals surface area contributed by atoms with Crippen LogP contribution >= 0.6 is 27.3 Å². The van der Waals surface area contributed by atoms with E-state index in [0.717, 1.165) is 16.5 Å². The molecule has 0 radical (unpaired) electrons. The summed E-state index contributed by atoms with van der Waals surface area (Å²) in [6, 6.07) is 0. The van der Waals surface area contributed by atoms with Gasteiger partial charge in [-0.05, 0) is 34.7 Å². The van der Waals surface area contributed by atoms with E-state index < -0.39 is 6.10 Å². The maximum absolute atomic E-state index is 10.0. The van der Waals surface area contributed by atoms with Crippen molar-refractivity contribution in [2.45, 2.75) is 32.5 Å². The first-order chi connectivity index (χ1) is 6.70. The Morgan fingerprint density at radius 3 is 2.64 bits per heavy atom. The largest absolute Gasteiger partial charge is 0.386 e. The van der Waals surface area contributed by atoms with E-state index in [0.29, 0.717) is 6.61 Å². The Kier molecular flexibility index (Phi) is 5.09.